The van der Waals surface area contributed by atoms with Crippen LogP contribution in [0.1, 0.15) is 22.7 Å². The lowest BCUT2D eigenvalue weighted by Gasteiger charge is -2.25. The topological polar surface area (TPSA) is 101 Å². The molecule has 0 bridgehead atoms. The van der Waals surface area contributed by atoms with E-state index in [4.69, 9.17) is 0 Å². The molecule has 7 nitrogen and oxygen atoms in total. The highest BCUT2D eigenvalue weighted by molar-refractivity contribution is 6.51. The number of hydrogen-bond donors (Lipinski definition) is 1. The third kappa shape index (κ3) is 3.62. The number of nitro benzene ring substituents is 1. The van der Waals surface area contributed by atoms with Gasteiger partial charge in [-0.1, -0.05) is 42.0 Å². The number of non-ortho nitro benzene ring substituents is 1. The third-order valence-corrected chi connectivity index (χ3v) is 5.27. The molecule has 0 aliphatic carbocycles. The summed E-state index contributed by atoms with van der Waals surface area (Å²) in [6, 6.07) is 16.2. The molecule has 1 N–H and O–H groups in total. The molecule has 3 aromatic carbocycles. The molecule has 32 heavy (non-hydrogen) atoms. The van der Waals surface area contributed by atoms with Crippen molar-refractivity contribution in [3.63, 3.8) is 0 Å². The first-order chi connectivity index (χ1) is 15.3. The van der Waals surface area contributed by atoms with Gasteiger partial charge >= 0.3 is 0 Å². The third-order valence-electron chi connectivity index (χ3n) is 5.27. The summed E-state index contributed by atoms with van der Waals surface area (Å²) in [5, 5.41) is 22.1. The summed E-state index contributed by atoms with van der Waals surface area (Å²) in [7, 11) is 0. The highest BCUT2D eigenvalue weighted by atomic mass is 19.1. The van der Waals surface area contributed by atoms with Gasteiger partial charge in [0.25, 0.3) is 17.4 Å². The molecule has 1 saturated heterocycles. The Kier molecular flexibility index (Phi) is 5.28. The van der Waals surface area contributed by atoms with Crippen LogP contribution in [0.4, 0.5) is 15.8 Å². The number of aliphatic hydroxyl groups is 1. The van der Waals surface area contributed by atoms with Crippen LogP contribution in [0.5, 0.6) is 0 Å². The SMILES string of the molecule is Cc1ccc(N2C(=O)C(=O)/C(=C(\O)c3cccc([N+](=O)[O-])c3)C2c2ccc(F)cc2)cc1. The second-order valence-corrected chi connectivity index (χ2v) is 7.36. The number of anilines is 1. The minimum Gasteiger partial charge on any atom is -0.507 e. The molecule has 1 amide bonds. The molecule has 1 heterocycles. The van der Waals surface area contributed by atoms with Gasteiger partial charge in [-0.3, -0.25) is 24.6 Å². The minimum atomic E-state index is -1.04. The fraction of sp³-hybridized carbons (Fsp3) is 0.0833. The van der Waals surface area contributed by atoms with Crippen molar-refractivity contribution in [3.8, 4) is 0 Å². The largest absolute Gasteiger partial charge is 0.507 e. The fourth-order valence-corrected chi connectivity index (χ4v) is 3.69. The van der Waals surface area contributed by atoms with Crippen molar-refractivity contribution in [1.82, 2.24) is 0 Å². The van der Waals surface area contributed by atoms with Crippen molar-refractivity contribution in [1.29, 1.82) is 0 Å². The quantitative estimate of drug-likeness (QED) is 0.212. The van der Waals surface area contributed by atoms with Crippen LogP contribution in [0.2, 0.25) is 0 Å². The van der Waals surface area contributed by atoms with Crippen molar-refractivity contribution in [2.45, 2.75) is 13.0 Å². The van der Waals surface area contributed by atoms with Crippen molar-refractivity contribution in [3.05, 3.63) is 111 Å². The normalized spacial score (nSPS) is 17.6. The van der Waals surface area contributed by atoms with Gasteiger partial charge in [0.2, 0.25) is 0 Å². The maximum atomic E-state index is 13.6. The number of rotatable bonds is 4. The lowest BCUT2D eigenvalue weighted by Crippen LogP contribution is -2.29. The van der Waals surface area contributed by atoms with E-state index in [9.17, 15) is 29.2 Å². The van der Waals surface area contributed by atoms with Gasteiger partial charge in [0.05, 0.1) is 16.5 Å². The number of nitro groups is 1. The van der Waals surface area contributed by atoms with Crippen molar-refractivity contribution in [2.24, 2.45) is 0 Å². The predicted octanol–water partition coefficient (Wildman–Crippen LogP) is 4.67. The van der Waals surface area contributed by atoms with E-state index in [0.29, 0.717) is 11.3 Å². The number of carbonyl (C=O) groups excluding carboxylic acids is 2. The first-order valence-corrected chi connectivity index (χ1v) is 9.66. The fourth-order valence-electron chi connectivity index (χ4n) is 3.69. The second-order valence-electron chi connectivity index (χ2n) is 7.36. The molecule has 1 aliphatic heterocycles. The van der Waals surface area contributed by atoms with E-state index in [1.54, 1.807) is 24.3 Å². The zero-order chi connectivity index (χ0) is 23.0. The highest BCUT2D eigenvalue weighted by Crippen LogP contribution is 2.42. The van der Waals surface area contributed by atoms with Gasteiger partial charge in [-0.15, -0.1) is 0 Å². The number of carbonyl (C=O) groups is 2. The van der Waals surface area contributed by atoms with Crippen LogP contribution in [-0.4, -0.2) is 21.7 Å². The summed E-state index contributed by atoms with van der Waals surface area (Å²) >= 11 is 0. The van der Waals surface area contributed by atoms with Crippen LogP contribution in [-0.2, 0) is 9.59 Å². The number of Topliss-reactive ketones (excluding diaryl/α,β-unsaturated/α-hetero) is 1. The Morgan fingerprint density at radius 2 is 1.69 bits per heavy atom. The molecule has 8 heteroatoms. The van der Waals surface area contributed by atoms with Crippen LogP contribution in [0.3, 0.4) is 0 Å². The van der Waals surface area contributed by atoms with E-state index >= 15 is 0 Å². The average Bonchev–Trinajstić information content (AvgIpc) is 3.05. The number of ketones is 1. The molecule has 4 rings (SSSR count). The van der Waals surface area contributed by atoms with Crippen LogP contribution < -0.4 is 4.90 Å². The summed E-state index contributed by atoms with van der Waals surface area (Å²) in [5.74, 6) is -2.85. The van der Waals surface area contributed by atoms with Crippen LogP contribution >= 0.6 is 0 Å². The Bertz CT molecular complexity index is 1270. The second kappa shape index (κ2) is 8.07. The summed E-state index contributed by atoms with van der Waals surface area (Å²) in [5.41, 5.74) is 1.28. The molecule has 3 aromatic rings. The lowest BCUT2D eigenvalue weighted by atomic mass is 9.95. The summed E-state index contributed by atoms with van der Waals surface area (Å²) in [6.07, 6.45) is 0. The Hall–Kier alpha value is -4.33. The van der Waals surface area contributed by atoms with Gasteiger partial charge in [-0.2, -0.15) is 0 Å². The maximum Gasteiger partial charge on any atom is 0.300 e. The van der Waals surface area contributed by atoms with Crippen molar-refractivity contribution >= 4 is 28.8 Å². The van der Waals surface area contributed by atoms with Crippen LogP contribution in [0, 0.1) is 22.9 Å². The van der Waals surface area contributed by atoms with E-state index in [1.807, 2.05) is 6.92 Å². The van der Waals surface area contributed by atoms with E-state index in [0.717, 1.165) is 11.6 Å². The van der Waals surface area contributed by atoms with Gasteiger partial charge in [-0.05, 0) is 36.8 Å². The van der Waals surface area contributed by atoms with Gasteiger partial charge < -0.3 is 5.11 Å². The van der Waals surface area contributed by atoms with E-state index in [1.165, 1.54) is 47.4 Å². The molecule has 0 radical (unpaired) electrons. The molecule has 1 atom stereocenters. The highest BCUT2D eigenvalue weighted by Gasteiger charge is 2.47. The molecule has 1 fully saturated rings. The number of benzene rings is 3. The first kappa shape index (κ1) is 20.9. The summed E-state index contributed by atoms with van der Waals surface area (Å²) in [6.45, 7) is 1.87. The van der Waals surface area contributed by atoms with Gasteiger partial charge in [0, 0.05) is 23.4 Å². The van der Waals surface area contributed by atoms with Crippen LogP contribution in [0.25, 0.3) is 5.76 Å². The van der Waals surface area contributed by atoms with E-state index < -0.39 is 34.2 Å². The van der Waals surface area contributed by atoms with E-state index in [2.05, 4.69) is 0 Å². The maximum absolute atomic E-state index is 13.6. The predicted molar refractivity (Wildman–Crippen MR) is 115 cm³/mol. The average molecular weight is 432 g/mol. The molecule has 0 spiro atoms. The van der Waals surface area contributed by atoms with Crippen LogP contribution in [0.15, 0.2) is 78.4 Å². The Balaban J connectivity index is 1.94. The van der Waals surface area contributed by atoms with Crippen molar-refractivity contribution in [2.75, 3.05) is 4.90 Å². The number of aliphatic hydroxyl groups excluding tert-OH is 1. The van der Waals surface area contributed by atoms with E-state index in [-0.39, 0.29) is 16.8 Å². The molecular weight excluding hydrogens is 415 g/mol. The summed E-state index contributed by atoms with van der Waals surface area (Å²) < 4.78 is 13.6. The number of nitrogens with zero attached hydrogens (tertiary/aromatic N) is 2. The van der Waals surface area contributed by atoms with Gasteiger partial charge in [0.15, 0.2) is 0 Å². The van der Waals surface area contributed by atoms with Gasteiger partial charge in [-0.25, -0.2) is 4.39 Å². The minimum absolute atomic E-state index is 0.0215. The van der Waals surface area contributed by atoms with Gasteiger partial charge in [0.1, 0.15) is 11.6 Å². The molecule has 1 aliphatic rings. The van der Waals surface area contributed by atoms with Crippen molar-refractivity contribution < 1.29 is 24.0 Å². The number of amides is 1. The number of hydrogen-bond acceptors (Lipinski definition) is 5. The Labute approximate surface area is 182 Å². The zero-order valence-electron chi connectivity index (χ0n) is 16.9. The molecular formula is C24H17FN2O5. The molecule has 1 unspecified atom stereocenters. The Morgan fingerprint density at radius 3 is 2.31 bits per heavy atom. The smallest absolute Gasteiger partial charge is 0.300 e. The Morgan fingerprint density at radius 1 is 1.03 bits per heavy atom. The molecule has 0 saturated carbocycles. The first-order valence-electron chi connectivity index (χ1n) is 9.66. The lowest BCUT2D eigenvalue weighted by molar-refractivity contribution is -0.384. The monoisotopic (exact) mass is 432 g/mol. The standard InChI is InChI=1S/C24H17FN2O5/c1-14-5-11-18(12-6-14)26-21(15-7-9-17(25)10-8-15)20(23(29)24(26)30)22(28)16-3-2-4-19(13-16)27(31)32/h2-13,21,28H,1H3/b22-20-. The molecule has 160 valence electrons. The molecule has 0 aromatic heterocycles. The summed E-state index contributed by atoms with van der Waals surface area (Å²) in [4.78, 5) is 37.8. The number of aryl methyl sites for hydroxylation is 1. The number of halogens is 1. The zero-order valence-corrected chi connectivity index (χ0v) is 16.9.